The molecular weight excluding hydrogens is 752 g/mol. The second-order valence-corrected chi connectivity index (χ2v) is 11.6. The number of halogens is 3. The molecule has 0 spiro atoms. The maximum Gasteiger partial charge on any atom is 0.335 e. The summed E-state index contributed by atoms with van der Waals surface area (Å²) < 4.78 is 23.5. The maximum absolute atomic E-state index is 13.6. The van der Waals surface area contributed by atoms with Gasteiger partial charge in [0.15, 0.2) is 29.6 Å². The molecule has 4 rings (SSSR count). The van der Waals surface area contributed by atoms with E-state index < -0.39 is 23.8 Å². The fraction of sp³-hybridized carbons (Fsp3) is 0.250. The lowest BCUT2D eigenvalue weighted by molar-refractivity contribution is -0.122. The van der Waals surface area contributed by atoms with Gasteiger partial charge in [0.1, 0.15) is 5.57 Å². The molecule has 11 nitrogen and oxygen atoms in total. The van der Waals surface area contributed by atoms with Crippen LogP contribution < -0.4 is 34.5 Å². The first-order chi connectivity index (χ1) is 22.1. The van der Waals surface area contributed by atoms with E-state index in [1.165, 1.54) is 18.2 Å². The van der Waals surface area contributed by atoms with Crippen LogP contribution in [0.15, 0.2) is 54.1 Å². The second-order valence-electron chi connectivity index (χ2n) is 9.60. The van der Waals surface area contributed by atoms with Gasteiger partial charge >= 0.3 is 6.03 Å². The van der Waals surface area contributed by atoms with Crippen molar-refractivity contribution in [1.29, 1.82) is 0 Å². The lowest BCUT2D eigenvalue weighted by atomic mass is 10.1. The fourth-order valence-electron chi connectivity index (χ4n) is 4.28. The second kappa shape index (κ2) is 16.0. The van der Waals surface area contributed by atoms with Crippen molar-refractivity contribution < 1.29 is 38.1 Å². The Balaban J connectivity index is 1.59. The summed E-state index contributed by atoms with van der Waals surface area (Å²) >= 11 is 14.0. The van der Waals surface area contributed by atoms with Crippen LogP contribution in [-0.2, 0) is 14.4 Å². The molecule has 1 aliphatic heterocycles. The number of urea groups is 1. The zero-order valence-corrected chi connectivity index (χ0v) is 28.7. The third kappa shape index (κ3) is 8.42. The maximum atomic E-state index is 13.6. The zero-order valence-electron chi connectivity index (χ0n) is 25.1. The van der Waals surface area contributed by atoms with E-state index in [0.29, 0.717) is 55.3 Å². The number of carbonyl (C=O) groups excluding carboxylic acids is 4. The highest BCUT2D eigenvalue weighted by Crippen LogP contribution is 2.37. The van der Waals surface area contributed by atoms with Crippen molar-refractivity contribution in [2.75, 3.05) is 36.6 Å². The molecule has 0 radical (unpaired) electrons. The Labute approximate surface area is 289 Å². The van der Waals surface area contributed by atoms with Crippen molar-refractivity contribution in [3.63, 3.8) is 0 Å². The molecule has 1 saturated heterocycles. The summed E-state index contributed by atoms with van der Waals surface area (Å²) in [6, 6.07) is 11.7. The number of imide groups is 2. The van der Waals surface area contributed by atoms with Crippen LogP contribution in [0.5, 0.6) is 23.0 Å². The number of hydrogen-bond donors (Lipinski definition) is 2. The summed E-state index contributed by atoms with van der Waals surface area (Å²) in [5.41, 5.74) is 0.784. The summed E-state index contributed by atoms with van der Waals surface area (Å²) in [5.74, 6) is -0.736. The lowest BCUT2D eigenvalue weighted by Gasteiger charge is -2.27. The Hall–Kier alpha value is -4.01. The molecule has 5 amide bonds. The Kier molecular flexibility index (Phi) is 12.1. The van der Waals surface area contributed by atoms with Gasteiger partial charge in [-0.1, -0.05) is 30.1 Å². The topological polar surface area (TPSA) is 132 Å². The largest absolute Gasteiger partial charge is 0.490 e. The van der Waals surface area contributed by atoms with Crippen LogP contribution in [0.4, 0.5) is 16.2 Å². The Morgan fingerprint density at radius 3 is 2.33 bits per heavy atom. The van der Waals surface area contributed by atoms with Crippen molar-refractivity contribution in [2.45, 2.75) is 27.2 Å². The molecule has 1 heterocycles. The highest BCUT2D eigenvalue weighted by molar-refractivity contribution is 14.1. The molecule has 0 atom stereocenters. The predicted molar refractivity (Wildman–Crippen MR) is 183 cm³/mol. The van der Waals surface area contributed by atoms with E-state index in [1.54, 1.807) is 50.2 Å². The van der Waals surface area contributed by atoms with Crippen LogP contribution >= 0.6 is 45.8 Å². The minimum atomic E-state index is -0.899. The first-order valence-corrected chi connectivity index (χ1v) is 16.0. The molecule has 3 aromatic carbocycles. The van der Waals surface area contributed by atoms with Gasteiger partial charge in [-0.25, -0.2) is 9.69 Å². The average Bonchev–Trinajstić information content (AvgIpc) is 3.00. The molecule has 0 aromatic heterocycles. The number of benzene rings is 3. The summed E-state index contributed by atoms with van der Waals surface area (Å²) in [6.45, 7) is 6.25. The molecule has 0 bridgehead atoms. The summed E-state index contributed by atoms with van der Waals surface area (Å²) in [7, 11) is 0. The predicted octanol–water partition coefficient (Wildman–Crippen LogP) is 6.87. The number of rotatable bonds is 13. The summed E-state index contributed by atoms with van der Waals surface area (Å²) in [5, 5.41) is 5.55. The van der Waals surface area contributed by atoms with Crippen LogP contribution in [0, 0.1) is 3.57 Å². The molecule has 0 unspecified atom stereocenters. The Bertz CT molecular complexity index is 1700. The number of anilines is 2. The van der Waals surface area contributed by atoms with E-state index in [9.17, 15) is 19.2 Å². The van der Waals surface area contributed by atoms with Gasteiger partial charge in [-0.05, 0) is 97.0 Å². The van der Waals surface area contributed by atoms with Gasteiger partial charge in [0, 0.05) is 11.8 Å². The van der Waals surface area contributed by atoms with Crippen molar-refractivity contribution in [3.8, 4) is 23.0 Å². The molecule has 2 N–H and O–H groups in total. The molecule has 14 heteroatoms. The smallest absolute Gasteiger partial charge is 0.335 e. The van der Waals surface area contributed by atoms with E-state index in [1.807, 2.05) is 29.5 Å². The van der Waals surface area contributed by atoms with Crippen molar-refractivity contribution in [3.05, 3.63) is 73.3 Å². The Morgan fingerprint density at radius 1 is 0.891 bits per heavy atom. The van der Waals surface area contributed by atoms with Gasteiger partial charge in [0.25, 0.3) is 17.7 Å². The molecule has 1 aliphatic rings. The normalized spacial score (nSPS) is 13.8. The molecule has 0 aliphatic carbocycles. The van der Waals surface area contributed by atoms with Gasteiger partial charge in [-0.15, -0.1) is 0 Å². The van der Waals surface area contributed by atoms with Gasteiger partial charge in [-0.3, -0.25) is 19.7 Å². The third-order valence-corrected chi connectivity index (χ3v) is 7.78. The number of nitrogens with zero attached hydrogens (tertiary/aromatic N) is 1. The highest BCUT2D eigenvalue weighted by atomic mass is 127. The van der Waals surface area contributed by atoms with Crippen molar-refractivity contribution in [2.24, 2.45) is 0 Å². The lowest BCUT2D eigenvalue weighted by Crippen LogP contribution is -2.54. The average molecular weight is 782 g/mol. The molecule has 242 valence electrons. The minimum Gasteiger partial charge on any atom is -0.490 e. The van der Waals surface area contributed by atoms with Crippen LogP contribution in [0.25, 0.3) is 6.08 Å². The SMILES string of the molecule is CCCOc1ccc(N2C(=O)NC(=O)/C(=C\c3cc(I)c(OCC(=O)Nc4ccc(Cl)c(Cl)c4)c(OCC)c3)C2=O)cc1OCC. The van der Waals surface area contributed by atoms with E-state index in [-0.39, 0.29) is 30.2 Å². The van der Waals surface area contributed by atoms with E-state index in [0.717, 1.165) is 11.3 Å². The number of amides is 5. The summed E-state index contributed by atoms with van der Waals surface area (Å²) in [6.07, 6.45) is 2.13. The Morgan fingerprint density at radius 2 is 1.63 bits per heavy atom. The molecule has 0 saturated carbocycles. The van der Waals surface area contributed by atoms with E-state index in [2.05, 4.69) is 10.6 Å². The van der Waals surface area contributed by atoms with E-state index >= 15 is 0 Å². The number of nitrogens with one attached hydrogen (secondary N) is 2. The number of hydrogen-bond acceptors (Lipinski definition) is 8. The third-order valence-electron chi connectivity index (χ3n) is 6.24. The summed E-state index contributed by atoms with van der Waals surface area (Å²) in [4.78, 5) is 52.7. The molecular formula is C32H30Cl2IN3O8. The van der Waals surface area contributed by atoms with E-state index in [4.69, 9.17) is 42.1 Å². The number of carbonyl (C=O) groups is 4. The monoisotopic (exact) mass is 781 g/mol. The molecule has 46 heavy (non-hydrogen) atoms. The zero-order chi connectivity index (χ0) is 33.4. The van der Waals surface area contributed by atoms with Crippen LogP contribution in [-0.4, -0.2) is 50.2 Å². The first kappa shape index (κ1) is 34.9. The fourth-order valence-corrected chi connectivity index (χ4v) is 5.36. The van der Waals surface area contributed by atoms with Crippen LogP contribution in [0.1, 0.15) is 32.8 Å². The standard InChI is InChI=1S/C32H30Cl2IN3O8/c1-4-11-45-25-10-8-20(16-26(25)43-5-2)38-31(41)21(30(40)37-32(38)42)12-18-13-24(35)29(27(14-18)44-6-3)46-17-28(39)36-19-7-9-22(33)23(34)15-19/h7-10,12-16H,4-6,11,17H2,1-3H3,(H,36,39)(H,37,40,42)/b21-12+. The number of barbiturate groups is 1. The van der Waals surface area contributed by atoms with Crippen molar-refractivity contribution in [1.82, 2.24) is 5.32 Å². The molecule has 3 aromatic rings. The minimum absolute atomic E-state index is 0.195. The highest BCUT2D eigenvalue weighted by Gasteiger charge is 2.37. The van der Waals surface area contributed by atoms with Crippen LogP contribution in [0.3, 0.4) is 0 Å². The van der Waals surface area contributed by atoms with Gasteiger partial charge in [0.2, 0.25) is 0 Å². The van der Waals surface area contributed by atoms with Gasteiger partial charge in [0.05, 0.1) is 39.1 Å². The quantitative estimate of drug-likeness (QED) is 0.109. The van der Waals surface area contributed by atoms with Gasteiger partial charge < -0.3 is 24.3 Å². The van der Waals surface area contributed by atoms with Gasteiger partial charge in [-0.2, -0.15) is 0 Å². The number of ether oxygens (including phenoxy) is 4. The first-order valence-electron chi connectivity index (χ1n) is 14.2. The van der Waals surface area contributed by atoms with Crippen LogP contribution in [0.2, 0.25) is 10.0 Å². The van der Waals surface area contributed by atoms with Crippen molar-refractivity contribution >= 4 is 87.0 Å². The molecule has 1 fully saturated rings.